The van der Waals surface area contributed by atoms with Gasteiger partial charge in [-0.25, -0.2) is 9.98 Å². The third-order valence-corrected chi connectivity index (χ3v) is 5.79. The van der Waals surface area contributed by atoms with Crippen molar-refractivity contribution >= 4 is 51.4 Å². The van der Waals surface area contributed by atoms with Crippen LogP contribution in [0.1, 0.15) is 31.2 Å². The average molecular weight is 467 g/mol. The SMILES string of the molecule is CCC(=O)C(=O)Nc1cccc2c1N=C(c1ccc(-n3c(C)nc4cnccc43)cc1)CC(=O)N2. The minimum Gasteiger partial charge on any atom is -0.324 e. The fourth-order valence-corrected chi connectivity index (χ4v) is 4.09. The van der Waals surface area contributed by atoms with Gasteiger partial charge < -0.3 is 10.6 Å². The lowest BCUT2D eigenvalue weighted by molar-refractivity contribution is -0.134. The summed E-state index contributed by atoms with van der Waals surface area (Å²) < 4.78 is 2.04. The van der Waals surface area contributed by atoms with Crippen molar-refractivity contribution in [1.29, 1.82) is 0 Å². The number of anilines is 2. The van der Waals surface area contributed by atoms with Crippen LogP contribution in [0.25, 0.3) is 16.7 Å². The molecule has 0 atom stereocenters. The highest BCUT2D eigenvalue weighted by Gasteiger charge is 2.21. The summed E-state index contributed by atoms with van der Waals surface area (Å²) in [4.78, 5) is 50.0. The van der Waals surface area contributed by atoms with Crippen molar-refractivity contribution in [1.82, 2.24) is 14.5 Å². The van der Waals surface area contributed by atoms with E-state index in [1.807, 2.05) is 41.8 Å². The van der Waals surface area contributed by atoms with Crippen LogP contribution < -0.4 is 10.6 Å². The maximum Gasteiger partial charge on any atom is 0.291 e. The van der Waals surface area contributed by atoms with Crippen molar-refractivity contribution in [3.05, 3.63) is 72.3 Å². The molecule has 0 saturated heterocycles. The first-order chi connectivity index (χ1) is 16.9. The molecule has 0 fully saturated rings. The number of fused-ring (bicyclic) bond motifs is 2. The van der Waals surface area contributed by atoms with E-state index in [1.165, 1.54) is 0 Å². The van der Waals surface area contributed by atoms with Crippen molar-refractivity contribution < 1.29 is 14.4 Å². The van der Waals surface area contributed by atoms with E-state index in [4.69, 9.17) is 4.99 Å². The molecule has 2 amide bonds. The van der Waals surface area contributed by atoms with Gasteiger partial charge in [-0.05, 0) is 42.8 Å². The average Bonchev–Trinajstić information content (AvgIpc) is 3.09. The molecule has 174 valence electrons. The van der Waals surface area contributed by atoms with Crippen molar-refractivity contribution in [2.45, 2.75) is 26.7 Å². The Morgan fingerprint density at radius 1 is 1.11 bits per heavy atom. The minimum atomic E-state index is -0.712. The van der Waals surface area contributed by atoms with Crippen LogP contribution in [0, 0.1) is 6.92 Å². The first kappa shape index (κ1) is 22.1. The van der Waals surface area contributed by atoms with Crippen molar-refractivity contribution in [2.24, 2.45) is 4.99 Å². The lowest BCUT2D eigenvalue weighted by Crippen LogP contribution is -2.21. The molecule has 2 aromatic carbocycles. The molecule has 0 radical (unpaired) electrons. The lowest BCUT2D eigenvalue weighted by Gasteiger charge is -2.11. The van der Waals surface area contributed by atoms with Crippen LogP contribution >= 0.6 is 0 Å². The summed E-state index contributed by atoms with van der Waals surface area (Å²) >= 11 is 0. The summed E-state index contributed by atoms with van der Waals surface area (Å²) in [5.41, 5.74) is 5.24. The first-order valence-corrected chi connectivity index (χ1v) is 11.2. The van der Waals surface area contributed by atoms with Crippen LogP contribution in [0.3, 0.4) is 0 Å². The third kappa shape index (κ3) is 4.19. The zero-order valence-electron chi connectivity index (χ0n) is 19.2. The Hall–Kier alpha value is -4.66. The van der Waals surface area contributed by atoms with Crippen molar-refractivity contribution in [3.8, 4) is 5.69 Å². The van der Waals surface area contributed by atoms with E-state index in [-0.39, 0.29) is 18.7 Å². The molecule has 0 spiro atoms. The summed E-state index contributed by atoms with van der Waals surface area (Å²) in [6, 6.07) is 14.7. The molecule has 0 bridgehead atoms. The van der Waals surface area contributed by atoms with E-state index in [2.05, 4.69) is 20.6 Å². The van der Waals surface area contributed by atoms with Crippen LogP contribution in [0.15, 0.2) is 65.9 Å². The number of nitrogens with zero attached hydrogens (tertiary/aromatic N) is 4. The van der Waals surface area contributed by atoms with Gasteiger partial charge in [0.15, 0.2) is 0 Å². The van der Waals surface area contributed by atoms with Crippen LogP contribution in [0.5, 0.6) is 0 Å². The third-order valence-electron chi connectivity index (χ3n) is 5.79. The van der Waals surface area contributed by atoms with E-state index < -0.39 is 11.7 Å². The number of amides is 2. The summed E-state index contributed by atoms with van der Waals surface area (Å²) in [5, 5.41) is 5.46. The normalized spacial score (nSPS) is 13.0. The molecule has 1 aliphatic rings. The van der Waals surface area contributed by atoms with E-state index in [0.717, 1.165) is 28.1 Å². The lowest BCUT2D eigenvalue weighted by atomic mass is 10.1. The van der Waals surface area contributed by atoms with Gasteiger partial charge in [0.25, 0.3) is 5.91 Å². The standard InChI is InChI=1S/C26H22N6O3/c1-3-23(33)26(35)31-19-6-4-5-18-25(19)30-20(13-24(34)29-18)16-7-9-17(10-8-16)32-15(2)28-21-14-27-12-11-22(21)32/h4-12,14H,3,13H2,1-2H3,(H,29,34)(H,31,35). The minimum absolute atomic E-state index is 0.0635. The van der Waals surface area contributed by atoms with Gasteiger partial charge in [0.05, 0.1) is 35.2 Å². The fourth-order valence-electron chi connectivity index (χ4n) is 4.09. The van der Waals surface area contributed by atoms with Crippen LogP contribution in [-0.4, -0.2) is 37.8 Å². The number of aromatic nitrogens is 3. The van der Waals surface area contributed by atoms with Crippen LogP contribution in [0.2, 0.25) is 0 Å². The van der Waals surface area contributed by atoms with Crippen molar-refractivity contribution in [3.63, 3.8) is 0 Å². The number of rotatable bonds is 5. The van der Waals surface area contributed by atoms with Gasteiger partial charge in [0.1, 0.15) is 17.0 Å². The maximum absolute atomic E-state index is 12.6. The summed E-state index contributed by atoms with van der Waals surface area (Å²) in [5.74, 6) is -0.625. The highest BCUT2D eigenvalue weighted by Crippen LogP contribution is 2.36. The molecule has 35 heavy (non-hydrogen) atoms. The van der Waals surface area contributed by atoms with Crippen LogP contribution in [-0.2, 0) is 14.4 Å². The number of pyridine rings is 1. The monoisotopic (exact) mass is 466 g/mol. The zero-order chi connectivity index (χ0) is 24.5. The quantitative estimate of drug-likeness (QED) is 0.429. The molecule has 2 N–H and O–H groups in total. The first-order valence-electron chi connectivity index (χ1n) is 11.2. The Bertz CT molecular complexity index is 1520. The Kier molecular flexibility index (Phi) is 5.66. The van der Waals surface area contributed by atoms with Crippen LogP contribution in [0.4, 0.5) is 17.1 Å². The number of carbonyl (C=O) groups is 3. The number of carbonyl (C=O) groups excluding carboxylic acids is 3. The molecular formula is C26H22N6O3. The van der Waals surface area contributed by atoms with Gasteiger partial charge in [-0.2, -0.15) is 0 Å². The highest BCUT2D eigenvalue weighted by molar-refractivity contribution is 6.41. The van der Waals surface area contributed by atoms with E-state index >= 15 is 0 Å². The summed E-state index contributed by atoms with van der Waals surface area (Å²) in [6.07, 6.45) is 3.62. The van der Waals surface area contributed by atoms with E-state index in [0.29, 0.717) is 22.8 Å². The second kappa shape index (κ2) is 8.94. The second-order valence-electron chi connectivity index (χ2n) is 8.12. The molecule has 5 rings (SSSR count). The molecule has 0 unspecified atom stereocenters. The molecule has 2 aromatic heterocycles. The van der Waals surface area contributed by atoms with E-state index in [1.54, 1.807) is 37.5 Å². The smallest absolute Gasteiger partial charge is 0.291 e. The Morgan fingerprint density at radius 2 is 1.91 bits per heavy atom. The number of hydrogen-bond donors (Lipinski definition) is 2. The van der Waals surface area contributed by atoms with E-state index in [9.17, 15) is 14.4 Å². The predicted octanol–water partition coefficient (Wildman–Crippen LogP) is 4.11. The number of ketones is 1. The molecule has 0 saturated carbocycles. The predicted molar refractivity (Wildman–Crippen MR) is 133 cm³/mol. The molecule has 4 aromatic rings. The maximum atomic E-state index is 12.6. The Labute approximate surface area is 200 Å². The Morgan fingerprint density at radius 3 is 2.69 bits per heavy atom. The number of Topliss-reactive ketones (excluding diaryl/α,β-unsaturated/α-hetero) is 1. The molecule has 0 aliphatic carbocycles. The number of para-hydroxylation sites is 1. The van der Waals surface area contributed by atoms with Gasteiger partial charge in [0, 0.05) is 18.3 Å². The number of aliphatic imine (C=N–C) groups is 1. The molecule has 9 heteroatoms. The Balaban J connectivity index is 1.53. The fraction of sp³-hybridized carbons (Fsp3) is 0.154. The largest absolute Gasteiger partial charge is 0.324 e. The topological polar surface area (TPSA) is 118 Å². The number of benzene rings is 2. The highest BCUT2D eigenvalue weighted by atomic mass is 16.2. The van der Waals surface area contributed by atoms with Gasteiger partial charge in [-0.1, -0.05) is 25.1 Å². The number of hydrogen-bond acceptors (Lipinski definition) is 6. The number of nitrogens with one attached hydrogen (secondary N) is 2. The number of aryl methyl sites for hydroxylation is 1. The molecule has 9 nitrogen and oxygen atoms in total. The van der Waals surface area contributed by atoms with Gasteiger partial charge in [-0.15, -0.1) is 0 Å². The zero-order valence-corrected chi connectivity index (χ0v) is 19.2. The summed E-state index contributed by atoms with van der Waals surface area (Å²) in [6.45, 7) is 3.56. The molecule has 3 heterocycles. The number of imidazole rings is 1. The van der Waals surface area contributed by atoms with Gasteiger partial charge in [0.2, 0.25) is 11.7 Å². The van der Waals surface area contributed by atoms with Crippen molar-refractivity contribution in [2.75, 3.05) is 10.6 Å². The molecular weight excluding hydrogens is 444 g/mol. The molecule has 1 aliphatic heterocycles. The van der Waals surface area contributed by atoms with Gasteiger partial charge in [-0.3, -0.25) is 23.9 Å². The summed E-state index contributed by atoms with van der Waals surface area (Å²) in [7, 11) is 0. The van der Waals surface area contributed by atoms with Gasteiger partial charge >= 0.3 is 0 Å². The second-order valence-corrected chi connectivity index (χ2v) is 8.12.